The van der Waals surface area contributed by atoms with E-state index in [0.717, 1.165) is 30.6 Å². The summed E-state index contributed by atoms with van der Waals surface area (Å²) >= 11 is 12.3. The third kappa shape index (κ3) is 2.91. The lowest BCUT2D eigenvalue weighted by Gasteiger charge is -2.23. The molecule has 1 aromatic heterocycles. The van der Waals surface area contributed by atoms with Gasteiger partial charge in [0.25, 0.3) is 0 Å². The first-order valence-corrected chi connectivity index (χ1v) is 6.54. The van der Waals surface area contributed by atoms with Crippen molar-refractivity contribution in [2.45, 2.75) is 32.4 Å². The molecular formula is C12H16Cl2N2O. The number of halogens is 2. The van der Waals surface area contributed by atoms with Gasteiger partial charge in [0.1, 0.15) is 5.15 Å². The maximum atomic E-state index is 9.27. The number of hydrogen-bond acceptors (Lipinski definition) is 3. The van der Waals surface area contributed by atoms with E-state index in [0.29, 0.717) is 16.7 Å². The summed E-state index contributed by atoms with van der Waals surface area (Å²) < 4.78 is 0. The van der Waals surface area contributed by atoms with Crippen LogP contribution in [0.2, 0.25) is 10.2 Å². The molecule has 0 aromatic carbocycles. The highest BCUT2D eigenvalue weighted by Gasteiger charge is 2.25. The van der Waals surface area contributed by atoms with E-state index >= 15 is 0 Å². The van der Waals surface area contributed by atoms with Gasteiger partial charge >= 0.3 is 0 Å². The molecule has 1 saturated heterocycles. The summed E-state index contributed by atoms with van der Waals surface area (Å²) in [6.07, 6.45) is 2.14. The van der Waals surface area contributed by atoms with Crippen LogP contribution >= 0.6 is 23.2 Å². The predicted octanol–water partition coefficient (Wildman–Crippen LogP) is 2.65. The van der Waals surface area contributed by atoms with E-state index in [4.69, 9.17) is 23.2 Å². The Morgan fingerprint density at radius 3 is 2.94 bits per heavy atom. The summed E-state index contributed by atoms with van der Waals surface area (Å²) in [4.78, 5) is 6.43. The molecule has 0 bridgehead atoms. The van der Waals surface area contributed by atoms with Crippen molar-refractivity contribution in [3.05, 3.63) is 27.5 Å². The fraction of sp³-hybridized carbons (Fsp3) is 0.583. The van der Waals surface area contributed by atoms with Crippen molar-refractivity contribution in [1.29, 1.82) is 0 Å². The van der Waals surface area contributed by atoms with Gasteiger partial charge in [-0.2, -0.15) is 0 Å². The highest BCUT2D eigenvalue weighted by Crippen LogP contribution is 2.28. The molecule has 1 aliphatic rings. The van der Waals surface area contributed by atoms with E-state index in [1.54, 1.807) is 0 Å². The van der Waals surface area contributed by atoms with Crippen LogP contribution in [0.3, 0.4) is 0 Å². The van der Waals surface area contributed by atoms with Crippen molar-refractivity contribution in [3.63, 3.8) is 0 Å². The van der Waals surface area contributed by atoms with Crippen LogP contribution in [0.5, 0.6) is 0 Å². The van der Waals surface area contributed by atoms with Gasteiger partial charge in [-0.3, -0.25) is 4.90 Å². The second kappa shape index (κ2) is 5.53. The van der Waals surface area contributed by atoms with Gasteiger partial charge in [0.15, 0.2) is 0 Å². The fourth-order valence-corrected chi connectivity index (χ4v) is 2.93. The highest BCUT2D eigenvalue weighted by atomic mass is 35.5. The molecule has 2 heterocycles. The molecule has 94 valence electrons. The lowest BCUT2D eigenvalue weighted by molar-refractivity contribution is 0.153. The van der Waals surface area contributed by atoms with Gasteiger partial charge in [-0.15, -0.1) is 0 Å². The van der Waals surface area contributed by atoms with Crippen molar-refractivity contribution >= 4 is 23.2 Å². The lowest BCUT2D eigenvalue weighted by Crippen LogP contribution is -2.31. The maximum Gasteiger partial charge on any atom is 0.135 e. The van der Waals surface area contributed by atoms with Crippen LogP contribution in [-0.4, -0.2) is 34.2 Å². The van der Waals surface area contributed by atoms with Gasteiger partial charge < -0.3 is 5.11 Å². The Balaban J connectivity index is 2.18. The maximum absolute atomic E-state index is 9.27. The quantitative estimate of drug-likeness (QED) is 0.861. The molecule has 0 spiro atoms. The third-order valence-corrected chi connectivity index (χ3v) is 3.87. The normalized spacial score (nSPS) is 21.1. The molecule has 0 saturated carbocycles. The summed E-state index contributed by atoms with van der Waals surface area (Å²) in [6, 6.07) is 2.05. The van der Waals surface area contributed by atoms with Crippen molar-refractivity contribution < 1.29 is 5.11 Å². The molecule has 0 amide bonds. The summed E-state index contributed by atoms with van der Waals surface area (Å²) in [5.74, 6) is 0. The summed E-state index contributed by atoms with van der Waals surface area (Å²) in [7, 11) is 0. The van der Waals surface area contributed by atoms with Gasteiger partial charge in [-0.1, -0.05) is 23.2 Å². The average molecular weight is 275 g/mol. The molecular weight excluding hydrogens is 259 g/mol. The molecule has 1 aliphatic heterocycles. The van der Waals surface area contributed by atoms with Gasteiger partial charge in [-0.05, 0) is 32.4 Å². The second-order valence-electron chi connectivity index (χ2n) is 4.46. The first-order chi connectivity index (χ1) is 8.11. The minimum absolute atomic E-state index is 0.189. The van der Waals surface area contributed by atoms with E-state index in [1.165, 1.54) is 0 Å². The van der Waals surface area contributed by atoms with Crippen LogP contribution < -0.4 is 0 Å². The summed E-state index contributed by atoms with van der Waals surface area (Å²) in [6.45, 7) is 3.70. The van der Waals surface area contributed by atoms with Crippen LogP contribution in [0, 0.1) is 6.92 Å². The molecule has 0 radical (unpaired) electrons. The minimum atomic E-state index is 0.189. The van der Waals surface area contributed by atoms with E-state index in [1.807, 2.05) is 13.0 Å². The van der Waals surface area contributed by atoms with Crippen molar-refractivity contribution in [3.8, 4) is 0 Å². The van der Waals surface area contributed by atoms with E-state index in [2.05, 4.69) is 9.88 Å². The van der Waals surface area contributed by atoms with Crippen molar-refractivity contribution in [2.75, 3.05) is 13.2 Å². The fourth-order valence-electron chi connectivity index (χ4n) is 2.28. The Labute approximate surface area is 111 Å². The molecule has 0 unspecified atom stereocenters. The van der Waals surface area contributed by atoms with Gasteiger partial charge in [0.05, 0.1) is 6.61 Å². The zero-order valence-corrected chi connectivity index (χ0v) is 11.3. The van der Waals surface area contributed by atoms with Crippen LogP contribution in [0.1, 0.15) is 24.1 Å². The van der Waals surface area contributed by atoms with Crippen molar-refractivity contribution in [2.24, 2.45) is 0 Å². The predicted molar refractivity (Wildman–Crippen MR) is 69.5 cm³/mol. The van der Waals surface area contributed by atoms with Gasteiger partial charge in [-0.25, -0.2) is 4.98 Å². The third-order valence-electron chi connectivity index (χ3n) is 3.22. The van der Waals surface area contributed by atoms with Crippen molar-refractivity contribution in [1.82, 2.24) is 9.88 Å². The average Bonchev–Trinajstić information content (AvgIpc) is 2.70. The second-order valence-corrected chi connectivity index (χ2v) is 5.23. The number of hydrogen-bond donors (Lipinski definition) is 1. The Morgan fingerprint density at radius 2 is 2.29 bits per heavy atom. The highest BCUT2D eigenvalue weighted by molar-refractivity contribution is 6.35. The number of rotatable bonds is 3. The summed E-state index contributed by atoms with van der Waals surface area (Å²) in [5.41, 5.74) is 1.68. The number of aliphatic hydroxyl groups is 1. The zero-order chi connectivity index (χ0) is 12.4. The Hall–Kier alpha value is -0.350. The Morgan fingerprint density at radius 1 is 1.53 bits per heavy atom. The number of likely N-dealkylation sites (tertiary alicyclic amines) is 1. The van der Waals surface area contributed by atoms with Gasteiger partial charge in [0, 0.05) is 28.9 Å². The molecule has 0 aliphatic carbocycles. The number of aliphatic hydroxyl groups excluding tert-OH is 1. The number of nitrogens with zero attached hydrogens (tertiary/aromatic N) is 2. The Kier molecular flexibility index (Phi) is 4.26. The van der Waals surface area contributed by atoms with Crippen LogP contribution in [-0.2, 0) is 6.54 Å². The minimum Gasteiger partial charge on any atom is -0.395 e. The molecule has 2 rings (SSSR count). The monoisotopic (exact) mass is 274 g/mol. The molecule has 1 atom stereocenters. The molecule has 1 aromatic rings. The molecule has 5 heteroatoms. The smallest absolute Gasteiger partial charge is 0.135 e. The number of pyridine rings is 1. The first-order valence-electron chi connectivity index (χ1n) is 5.78. The first kappa shape index (κ1) is 13.1. The Bertz CT molecular complexity index is 388. The van der Waals surface area contributed by atoms with E-state index in [9.17, 15) is 5.11 Å². The summed E-state index contributed by atoms with van der Waals surface area (Å²) in [5, 5.41) is 10.4. The topological polar surface area (TPSA) is 36.4 Å². The van der Waals surface area contributed by atoms with Crippen LogP contribution in [0.15, 0.2) is 6.07 Å². The molecule has 3 nitrogen and oxygen atoms in total. The zero-order valence-electron chi connectivity index (χ0n) is 9.79. The van der Waals surface area contributed by atoms with Crippen LogP contribution in [0.4, 0.5) is 0 Å². The van der Waals surface area contributed by atoms with E-state index in [-0.39, 0.29) is 12.6 Å². The van der Waals surface area contributed by atoms with Gasteiger partial charge in [0.2, 0.25) is 0 Å². The SMILES string of the molecule is Cc1cc(Cl)c(CN2CCC[C@H]2CO)c(Cl)n1. The van der Waals surface area contributed by atoms with Crippen LogP contribution in [0.25, 0.3) is 0 Å². The number of aromatic nitrogens is 1. The number of aryl methyl sites for hydroxylation is 1. The lowest BCUT2D eigenvalue weighted by atomic mass is 10.2. The molecule has 1 N–H and O–H groups in total. The van der Waals surface area contributed by atoms with E-state index < -0.39 is 0 Å². The standard InChI is InChI=1S/C12H16Cl2N2O/c1-8-5-11(13)10(12(14)15-8)6-16-4-2-3-9(16)7-17/h5,9,17H,2-4,6-7H2,1H3/t9-/m0/s1. The molecule has 17 heavy (non-hydrogen) atoms. The molecule has 1 fully saturated rings. The largest absolute Gasteiger partial charge is 0.395 e.